The van der Waals surface area contributed by atoms with Crippen molar-refractivity contribution in [2.75, 3.05) is 12.1 Å². The molecule has 23 heavy (non-hydrogen) atoms. The Hall–Kier alpha value is -2.60. The van der Waals surface area contributed by atoms with Gasteiger partial charge in [0, 0.05) is 0 Å². The molecular formula is C17H13BrN2O3. The maximum Gasteiger partial charge on any atom is 0.282 e. The summed E-state index contributed by atoms with van der Waals surface area (Å²) in [5.74, 6) is -0.126. The minimum absolute atomic E-state index is 0.0888. The van der Waals surface area contributed by atoms with Crippen LogP contribution in [-0.4, -0.2) is 18.9 Å². The highest BCUT2D eigenvalue weighted by Gasteiger charge is 2.34. The number of anilines is 1. The van der Waals surface area contributed by atoms with Gasteiger partial charge in [-0.25, -0.2) is 5.01 Å². The van der Waals surface area contributed by atoms with Crippen molar-refractivity contribution >= 4 is 39.5 Å². The number of ether oxygens (including phenoxy) is 1. The van der Waals surface area contributed by atoms with Gasteiger partial charge >= 0.3 is 0 Å². The maximum atomic E-state index is 12.5. The topological polar surface area (TPSA) is 58.6 Å². The summed E-state index contributed by atoms with van der Waals surface area (Å²) in [6.45, 7) is 0. The quantitative estimate of drug-likeness (QED) is 0.665. The number of hydrogen-bond donors (Lipinski definition) is 1. The van der Waals surface area contributed by atoms with Crippen LogP contribution >= 0.6 is 15.9 Å². The molecule has 116 valence electrons. The zero-order valence-corrected chi connectivity index (χ0v) is 13.8. The minimum atomic E-state index is -0.425. The number of nitrogens with one attached hydrogen (secondary N) is 1. The molecule has 1 heterocycles. The number of carbonyl (C=O) groups is 2. The lowest BCUT2D eigenvalue weighted by atomic mass is 10.1. The fourth-order valence-corrected chi connectivity index (χ4v) is 2.81. The van der Waals surface area contributed by atoms with Gasteiger partial charge in [0.25, 0.3) is 11.8 Å². The van der Waals surface area contributed by atoms with Crippen LogP contribution < -0.4 is 15.2 Å². The number of carbonyl (C=O) groups excluding carboxylic acids is 2. The average molecular weight is 373 g/mol. The lowest BCUT2D eigenvalue weighted by Crippen LogP contribution is -2.35. The molecule has 5 nitrogen and oxygen atoms in total. The van der Waals surface area contributed by atoms with Crippen LogP contribution in [0.2, 0.25) is 0 Å². The standard InChI is InChI=1S/C17H13BrN2O3/c1-23-15-8-7-11(10-14(15)18)9-13-16(21)19-20(17(13)22)12-5-3-2-4-6-12/h2-10H,1H3,(H,19,21)/b13-9+. The summed E-state index contributed by atoms with van der Waals surface area (Å²) in [6, 6.07) is 14.3. The molecule has 1 aliphatic heterocycles. The number of rotatable bonds is 3. The molecule has 0 atom stereocenters. The van der Waals surface area contributed by atoms with E-state index >= 15 is 0 Å². The van der Waals surface area contributed by atoms with Crippen molar-refractivity contribution in [3.8, 4) is 5.75 Å². The second kappa shape index (κ2) is 6.26. The van der Waals surface area contributed by atoms with Gasteiger partial charge in [-0.3, -0.25) is 15.0 Å². The largest absolute Gasteiger partial charge is 0.496 e. The first-order valence-electron chi connectivity index (χ1n) is 6.86. The second-order valence-corrected chi connectivity index (χ2v) is 5.72. The van der Waals surface area contributed by atoms with E-state index in [4.69, 9.17) is 4.74 Å². The molecule has 0 aliphatic carbocycles. The fourth-order valence-electron chi connectivity index (χ4n) is 2.26. The van der Waals surface area contributed by atoms with Crippen LogP contribution in [0.3, 0.4) is 0 Å². The van der Waals surface area contributed by atoms with Crippen LogP contribution in [0.15, 0.2) is 58.6 Å². The van der Waals surface area contributed by atoms with Crippen molar-refractivity contribution in [1.82, 2.24) is 5.43 Å². The Morgan fingerprint density at radius 1 is 1.13 bits per heavy atom. The van der Waals surface area contributed by atoms with Crippen LogP contribution in [0.4, 0.5) is 5.69 Å². The highest BCUT2D eigenvalue weighted by Crippen LogP contribution is 2.27. The van der Waals surface area contributed by atoms with E-state index in [9.17, 15) is 9.59 Å². The van der Waals surface area contributed by atoms with E-state index < -0.39 is 5.91 Å². The molecule has 0 bridgehead atoms. The monoisotopic (exact) mass is 372 g/mol. The Kier molecular flexibility index (Phi) is 4.16. The molecule has 0 unspecified atom stereocenters. The van der Waals surface area contributed by atoms with Crippen LogP contribution in [0.1, 0.15) is 5.56 Å². The summed E-state index contributed by atoms with van der Waals surface area (Å²) in [7, 11) is 1.57. The summed E-state index contributed by atoms with van der Waals surface area (Å²) < 4.78 is 5.92. The normalized spacial score (nSPS) is 15.9. The van der Waals surface area contributed by atoms with Crippen LogP contribution in [-0.2, 0) is 9.59 Å². The van der Waals surface area contributed by atoms with E-state index in [0.717, 1.165) is 10.0 Å². The van der Waals surface area contributed by atoms with Gasteiger partial charge in [0.2, 0.25) is 0 Å². The van der Waals surface area contributed by atoms with E-state index in [2.05, 4.69) is 21.4 Å². The molecule has 6 heteroatoms. The second-order valence-electron chi connectivity index (χ2n) is 4.87. The predicted molar refractivity (Wildman–Crippen MR) is 90.7 cm³/mol. The van der Waals surface area contributed by atoms with Gasteiger partial charge < -0.3 is 4.74 Å². The molecule has 1 N–H and O–H groups in total. The summed E-state index contributed by atoms with van der Waals surface area (Å²) in [5.41, 5.74) is 4.00. The summed E-state index contributed by atoms with van der Waals surface area (Å²) in [5, 5.41) is 1.24. The van der Waals surface area contributed by atoms with Gasteiger partial charge in [-0.15, -0.1) is 0 Å². The number of methoxy groups -OCH3 is 1. The van der Waals surface area contributed by atoms with Gasteiger partial charge in [0.05, 0.1) is 17.3 Å². The number of benzene rings is 2. The van der Waals surface area contributed by atoms with Crippen LogP contribution in [0.5, 0.6) is 5.75 Å². The molecule has 0 aromatic heterocycles. The third-order valence-electron chi connectivity index (χ3n) is 3.39. The van der Waals surface area contributed by atoms with Gasteiger partial charge in [-0.1, -0.05) is 24.3 Å². The zero-order valence-electron chi connectivity index (χ0n) is 12.2. The molecule has 1 aliphatic rings. The first-order valence-corrected chi connectivity index (χ1v) is 7.65. The van der Waals surface area contributed by atoms with Gasteiger partial charge in [0.1, 0.15) is 11.3 Å². The molecular weight excluding hydrogens is 360 g/mol. The molecule has 0 spiro atoms. The van der Waals surface area contributed by atoms with Gasteiger partial charge in [-0.2, -0.15) is 0 Å². The Labute approximate surface area is 141 Å². The van der Waals surface area contributed by atoms with Crippen molar-refractivity contribution in [2.45, 2.75) is 0 Å². The van der Waals surface area contributed by atoms with E-state index in [1.165, 1.54) is 5.01 Å². The summed E-state index contributed by atoms with van der Waals surface area (Å²) in [4.78, 5) is 24.6. The number of hydrogen-bond acceptors (Lipinski definition) is 3. The number of amides is 2. The van der Waals surface area contributed by atoms with E-state index in [0.29, 0.717) is 11.4 Å². The van der Waals surface area contributed by atoms with E-state index in [1.54, 1.807) is 55.7 Å². The Morgan fingerprint density at radius 3 is 2.52 bits per heavy atom. The number of para-hydroxylation sites is 1. The number of halogens is 1. The predicted octanol–water partition coefficient (Wildman–Crippen LogP) is 2.92. The summed E-state index contributed by atoms with van der Waals surface area (Å²) >= 11 is 3.39. The highest BCUT2D eigenvalue weighted by molar-refractivity contribution is 9.10. The van der Waals surface area contributed by atoms with Gasteiger partial charge in [-0.05, 0) is 51.8 Å². The zero-order chi connectivity index (χ0) is 16.4. The van der Waals surface area contributed by atoms with E-state index in [-0.39, 0.29) is 11.5 Å². The minimum Gasteiger partial charge on any atom is -0.496 e. The molecule has 1 saturated heterocycles. The number of nitrogens with zero attached hydrogens (tertiary/aromatic N) is 1. The third-order valence-corrected chi connectivity index (χ3v) is 4.01. The third kappa shape index (κ3) is 2.98. The van der Waals surface area contributed by atoms with Crippen molar-refractivity contribution in [3.63, 3.8) is 0 Å². The van der Waals surface area contributed by atoms with Crippen molar-refractivity contribution < 1.29 is 14.3 Å². The smallest absolute Gasteiger partial charge is 0.282 e. The Balaban J connectivity index is 1.92. The number of hydrazine groups is 1. The molecule has 2 aromatic carbocycles. The lowest BCUT2D eigenvalue weighted by molar-refractivity contribution is -0.117. The Morgan fingerprint density at radius 2 is 1.87 bits per heavy atom. The SMILES string of the molecule is COc1ccc(/C=C2\C(=O)NN(c3ccccc3)C2=O)cc1Br. The molecule has 3 rings (SSSR count). The molecule has 0 saturated carbocycles. The van der Waals surface area contributed by atoms with Crippen LogP contribution in [0, 0.1) is 0 Å². The van der Waals surface area contributed by atoms with Crippen molar-refractivity contribution in [1.29, 1.82) is 0 Å². The molecule has 2 aromatic rings. The maximum absolute atomic E-state index is 12.5. The Bertz CT molecular complexity index is 803. The van der Waals surface area contributed by atoms with Crippen molar-refractivity contribution in [3.05, 3.63) is 64.1 Å². The van der Waals surface area contributed by atoms with Crippen molar-refractivity contribution in [2.24, 2.45) is 0 Å². The lowest BCUT2D eigenvalue weighted by Gasteiger charge is -2.13. The molecule has 0 radical (unpaired) electrons. The average Bonchev–Trinajstić information content (AvgIpc) is 2.84. The van der Waals surface area contributed by atoms with Gasteiger partial charge in [0.15, 0.2) is 0 Å². The van der Waals surface area contributed by atoms with E-state index in [1.807, 2.05) is 6.07 Å². The first kappa shape index (κ1) is 15.3. The molecule has 1 fully saturated rings. The van der Waals surface area contributed by atoms with Crippen LogP contribution in [0.25, 0.3) is 6.08 Å². The summed E-state index contributed by atoms with van der Waals surface area (Å²) in [6.07, 6.45) is 1.56. The fraction of sp³-hybridized carbons (Fsp3) is 0.0588. The first-order chi connectivity index (χ1) is 11.1. The molecule has 2 amide bonds. The highest BCUT2D eigenvalue weighted by atomic mass is 79.9.